The molecular weight excluding hydrogens is 308 g/mol. The number of nitrogens with one attached hydrogen (secondary N) is 1. The lowest BCUT2D eigenvalue weighted by Gasteiger charge is -2.18. The molecule has 3 N–H and O–H groups in total. The zero-order valence-corrected chi connectivity index (χ0v) is 14.3. The van der Waals surface area contributed by atoms with E-state index in [1.807, 2.05) is 13.8 Å². The van der Waals surface area contributed by atoms with Crippen molar-refractivity contribution in [3.63, 3.8) is 0 Å². The van der Waals surface area contributed by atoms with Crippen molar-refractivity contribution in [2.45, 2.75) is 38.6 Å². The van der Waals surface area contributed by atoms with Crippen LogP contribution < -0.4 is 4.74 Å². The molecule has 2 heterocycles. The molecule has 0 radical (unpaired) electrons. The number of phenolic OH excluding ortho intramolecular Hbond substituents is 2. The summed E-state index contributed by atoms with van der Waals surface area (Å²) in [5.74, 6) is 0.576. The summed E-state index contributed by atoms with van der Waals surface area (Å²) in [6, 6.07) is 3.72. The van der Waals surface area contributed by atoms with Crippen molar-refractivity contribution in [2.75, 3.05) is 20.2 Å². The number of aromatic nitrogens is 3. The van der Waals surface area contributed by atoms with Gasteiger partial charge in [-0.05, 0) is 44.0 Å². The molecule has 24 heavy (non-hydrogen) atoms. The van der Waals surface area contributed by atoms with Crippen molar-refractivity contribution >= 4 is 0 Å². The second-order valence-electron chi connectivity index (χ2n) is 6.64. The summed E-state index contributed by atoms with van der Waals surface area (Å²) in [6.45, 7) is 5.59. The Morgan fingerprint density at radius 1 is 1.33 bits per heavy atom. The Kier molecular flexibility index (Phi) is 4.62. The van der Waals surface area contributed by atoms with Crippen LogP contribution in [0.25, 0.3) is 11.4 Å². The first-order valence-corrected chi connectivity index (χ1v) is 8.27. The number of benzene rings is 1. The molecule has 0 saturated carbocycles. The molecule has 0 aliphatic carbocycles. The third-order valence-corrected chi connectivity index (χ3v) is 4.56. The van der Waals surface area contributed by atoms with Gasteiger partial charge in [0.25, 0.3) is 0 Å². The molecule has 3 rings (SSSR count). The molecule has 1 aliphatic heterocycles. The van der Waals surface area contributed by atoms with Crippen LogP contribution in [-0.2, 0) is 0 Å². The van der Waals surface area contributed by atoms with E-state index in [1.165, 1.54) is 12.5 Å². The second-order valence-corrected chi connectivity index (χ2v) is 6.64. The molecule has 0 spiro atoms. The number of phenols is 2. The van der Waals surface area contributed by atoms with Crippen molar-refractivity contribution < 1.29 is 14.9 Å². The number of likely N-dealkylation sites (N-methyl/N-ethyl adjacent to an activating group) is 1. The van der Waals surface area contributed by atoms with E-state index in [-0.39, 0.29) is 23.4 Å². The standard InChI is InChI=1S/C17H24N4O3/c1-10(2)12-7-13(15(23)8-14(12)22)16-18-17(20-19-16)24-9-11-5-4-6-21(11)3/h7-8,10-11,22-23H,4-6,9H2,1-3H3,(H,18,19,20)/t11-/m0/s1. The SMILES string of the molecule is CC(C)c1cc(-c2nc(OC[C@@H]3CCCN3C)n[nH]2)c(O)cc1O. The quantitative estimate of drug-likeness (QED) is 0.779. The van der Waals surface area contributed by atoms with Gasteiger partial charge in [0.05, 0.1) is 5.56 Å². The highest BCUT2D eigenvalue weighted by molar-refractivity contribution is 5.67. The Bertz CT molecular complexity index is 714. The van der Waals surface area contributed by atoms with E-state index in [9.17, 15) is 10.2 Å². The lowest BCUT2D eigenvalue weighted by Crippen LogP contribution is -2.30. The lowest BCUT2D eigenvalue weighted by molar-refractivity contribution is 0.188. The first-order valence-electron chi connectivity index (χ1n) is 8.27. The minimum absolute atomic E-state index is 0.0462. The highest BCUT2D eigenvalue weighted by Gasteiger charge is 2.22. The molecule has 0 unspecified atom stereocenters. The molecule has 130 valence electrons. The number of rotatable bonds is 5. The van der Waals surface area contributed by atoms with Gasteiger partial charge >= 0.3 is 6.01 Å². The molecule has 1 saturated heterocycles. The average Bonchev–Trinajstić information content (AvgIpc) is 3.14. The number of H-pyrrole nitrogens is 1. The summed E-state index contributed by atoms with van der Waals surface area (Å²) in [5.41, 5.74) is 1.24. The highest BCUT2D eigenvalue weighted by atomic mass is 16.5. The number of likely N-dealkylation sites (tertiary alicyclic amines) is 1. The predicted molar refractivity (Wildman–Crippen MR) is 90.4 cm³/mol. The van der Waals surface area contributed by atoms with Crippen LogP contribution in [0.2, 0.25) is 0 Å². The highest BCUT2D eigenvalue weighted by Crippen LogP contribution is 2.36. The van der Waals surface area contributed by atoms with Crippen LogP contribution in [0.4, 0.5) is 0 Å². The third-order valence-electron chi connectivity index (χ3n) is 4.56. The first kappa shape index (κ1) is 16.6. The summed E-state index contributed by atoms with van der Waals surface area (Å²) in [6.07, 6.45) is 2.30. The molecule has 0 bridgehead atoms. The average molecular weight is 332 g/mol. The molecule has 2 aromatic rings. The van der Waals surface area contributed by atoms with Gasteiger partial charge in [-0.25, -0.2) is 0 Å². The monoisotopic (exact) mass is 332 g/mol. The third kappa shape index (κ3) is 3.31. The van der Waals surface area contributed by atoms with Gasteiger partial charge in [0.15, 0.2) is 5.82 Å². The molecule has 1 aromatic heterocycles. The molecule has 7 heteroatoms. The minimum atomic E-state index is -0.0462. The van der Waals surface area contributed by atoms with E-state index in [4.69, 9.17) is 4.74 Å². The van der Waals surface area contributed by atoms with Crippen molar-refractivity contribution in [3.8, 4) is 28.9 Å². The molecule has 7 nitrogen and oxygen atoms in total. The van der Waals surface area contributed by atoms with Gasteiger partial charge in [0.1, 0.15) is 18.1 Å². The number of hydrogen-bond acceptors (Lipinski definition) is 6. The summed E-state index contributed by atoms with van der Waals surface area (Å²) >= 11 is 0. The largest absolute Gasteiger partial charge is 0.508 e. The first-order chi connectivity index (χ1) is 11.5. The molecule has 1 fully saturated rings. The van der Waals surface area contributed by atoms with Gasteiger partial charge in [-0.2, -0.15) is 4.98 Å². The number of ether oxygens (including phenoxy) is 1. The van der Waals surface area contributed by atoms with E-state index >= 15 is 0 Å². The Balaban J connectivity index is 1.76. The van der Waals surface area contributed by atoms with Crippen molar-refractivity contribution in [1.29, 1.82) is 0 Å². The topological polar surface area (TPSA) is 94.5 Å². The molecule has 1 aliphatic rings. The molecular formula is C17H24N4O3. The fourth-order valence-corrected chi connectivity index (χ4v) is 3.04. The number of aromatic amines is 1. The summed E-state index contributed by atoms with van der Waals surface area (Å²) in [7, 11) is 2.09. The van der Waals surface area contributed by atoms with Crippen LogP contribution in [0.15, 0.2) is 12.1 Å². The predicted octanol–water partition coefficient (Wildman–Crippen LogP) is 2.48. The minimum Gasteiger partial charge on any atom is -0.508 e. The molecule has 1 aromatic carbocycles. The normalized spacial score (nSPS) is 18.4. The zero-order valence-electron chi connectivity index (χ0n) is 14.3. The van der Waals surface area contributed by atoms with Crippen molar-refractivity contribution in [2.24, 2.45) is 0 Å². The van der Waals surface area contributed by atoms with Crippen LogP contribution in [-0.4, -0.2) is 56.5 Å². The second kappa shape index (κ2) is 6.68. The number of nitrogens with zero attached hydrogens (tertiary/aromatic N) is 3. The van der Waals surface area contributed by atoms with Gasteiger partial charge in [0.2, 0.25) is 0 Å². The maximum absolute atomic E-state index is 10.1. The van der Waals surface area contributed by atoms with Gasteiger partial charge in [-0.1, -0.05) is 13.8 Å². The van der Waals surface area contributed by atoms with Gasteiger partial charge in [-0.15, -0.1) is 5.10 Å². The van der Waals surface area contributed by atoms with Crippen molar-refractivity contribution in [1.82, 2.24) is 20.1 Å². The van der Waals surface area contributed by atoms with Crippen LogP contribution in [0.3, 0.4) is 0 Å². The van der Waals surface area contributed by atoms with E-state index in [1.54, 1.807) is 6.07 Å². The van der Waals surface area contributed by atoms with Crippen LogP contribution >= 0.6 is 0 Å². The van der Waals surface area contributed by atoms with Gasteiger partial charge < -0.3 is 19.8 Å². The molecule has 0 amide bonds. The fourth-order valence-electron chi connectivity index (χ4n) is 3.04. The summed E-state index contributed by atoms with van der Waals surface area (Å²) in [4.78, 5) is 6.58. The Morgan fingerprint density at radius 2 is 2.12 bits per heavy atom. The fraction of sp³-hybridized carbons (Fsp3) is 0.529. The summed E-state index contributed by atoms with van der Waals surface area (Å²) in [5, 5.41) is 26.9. The Morgan fingerprint density at radius 3 is 2.79 bits per heavy atom. The van der Waals surface area contributed by atoms with E-state index < -0.39 is 0 Å². The van der Waals surface area contributed by atoms with E-state index in [2.05, 4.69) is 27.1 Å². The van der Waals surface area contributed by atoms with Crippen molar-refractivity contribution in [3.05, 3.63) is 17.7 Å². The number of aromatic hydroxyl groups is 2. The summed E-state index contributed by atoms with van der Waals surface area (Å²) < 4.78 is 5.68. The van der Waals surface area contributed by atoms with Crippen LogP contribution in [0.1, 0.15) is 38.2 Å². The van der Waals surface area contributed by atoms with Gasteiger partial charge in [-0.3, -0.25) is 5.10 Å². The van der Waals surface area contributed by atoms with E-state index in [0.29, 0.717) is 24.0 Å². The Hall–Kier alpha value is -2.28. The maximum atomic E-state index is 10.1. The Labute approximate surface area is 141 Å². The zero-order chi connectivity index (χ0) is 17.3. The van der Waals surface area contributed by atoms with Gasteiger partial charge in [0, 0.05) is 12.1 Å². The van der Waals surface area contributed by atoms with Crippen LogP contribution in [0, 0.1) is 0 Å². The lowest BCUT2D eigenvalue weighted by atomic mass is 9.98. The number of hydrogen-bond donors (Lipinski definition) is 3. The smallest absolute Gasteiger partial charge is 0.335 e. The maximum Gasteiger partial charge on any atom is 0.335 e. The molecule has 1 atom stereocenters. The van der Waals surface area contributed by atoms with E-state index in [0.717, 1.165) is 18.5 Å². The van der Waals surface area contributed by atoms with Crippen LogP contribution in [0.5, 0.6) is 17.5 Å².